The minimum Gasteiger partial charge on any atom is -0.481 e. The largest absolute Gasteiger partial charge is 0.481 e. The van der Waals surface area contributed by atoms with E-state index in [1.807, 2.05) is 4.90 Å². The van der Waals surface area contributed by atoms with Crippen molar-refractivity contribution in [2.75, 3.05) is 38.3 Å². The van der Waals surface area contributed by atoms with Crippen LogP contribution in [0.1, 0.15) is 10.4 Å². The molecule has 0 unspecified atom stereocenters. The molecular weight excluding hydrogens is 224 g/mol. The maximum Gasteiger partial charge on any atom is 0.339 e. The van der Waals surface area contributed by atoms with Crippen molar-refractivity contribution in [3.05, 3.63) is 17.8 Å². The lowest BCUT2D eigenvalue weighted by molar-refractivity contribution is 0.0696. The molecule has 1 aromatic heterocycles. The number of carboxylic acids is 1. The van der Waals surface area contributed by atoms with Gasteiger partial charge in [-0.1, -0.05) is 0 Å². The second-order valence-corrected chi connectivity index (χ2v) is 3.65. The summed E-state index contributed by atoms with van der Waals surface area (Å²) in [6.07, 6.45) is 1.33. The van der Waals surface area contributed by atoms with E-state index in [-0.39, 0.29) is 5.56 Å². The Morgan fingerprint density at radius 2 is 2.24 bits per heavy atom. The van der Waals surface area contributed by atoms with E-state index >= 15 is 0 Å². The highest BCUT2D eigenvalue weighted by Crippen LogP contribution is 2.24. The zero-order valence-corrected chi connectivity index (χ0v) is 9.55. The number of morpholine rings is 1. The van der Waals surface area contributed by atoms with Gasteiger partial charge in [-0.15, -0.1) is 0 Å². The molecule has 92 valence electrons. The number of rotatable bonds is 3. The maximum atomic E-state index is 11.1. The molecule has 6 nitrogen and oxygen atoms in total. The van der Waals surface area contributed by atoms with E-state index in [0.717, 1.165) is 0 Å². The van der Waals surface area contributed by atoms with Gasteiger partial charge >= 0.3 is 5.97 Å². The molecule has 1 aliphatic rings. The number of carbonyl (C=O) groups is 1. The van der Waals surface area contributed by atoms with Crippen LogP contribution in [-0.2, 0) is 4.74 Å². The van der Waals surface area contributed by atoms with Crippen molar-refractivity contribution >= 4 is 11.7 Å². The van der Waals surface area contributed by atoms with E-state index < -0.39 is 5.97 Å². The highest BCUT2D eigenvalue weighted by atomic mass is 16.5. The summed E-state index contributed by atoms with van der Waals surface area (Å²) in [4.78, 5) is 17.0. The average Bonchev–Trinajstić information content (AvgIpc) is 2.39. The lowest BCUT2D eigenvalue weighted by Gasteiger charge is -2.29. The van der Waals surface area contributed by atoms with Crippen LogP contribution in [0.25, 0.3) is 0 Å². The van der Waals surface area contributed by atoms with Crippen molar-refractivity contribution in [2.24, 2.45) is 0 Å². The minimum absolute atomic E-state index is 0.188. The first-order valence-electron chi connectivity index (χ1n) is 5.32. The number of nitrogens with zero attached hydrogens (tertiary/aromatic N) is 2. The molecule has 2 heterocycles. The Balaban J connectivity index is 2.36. The van der Waals surface area contributed by atoms with Crippen LogP contribution in [0.2, 0.25) is 0 Å². The molecule has 0 bridgehead atoms. The Bertz CT molecular complexity index is 416. The summed E-state index contributed by atoms with van der Waals surface area (Å²) in [5.41, 5.74) is 0.820. The van der Waals surface area contributed by atoms with Gasteiger partial charge in [-0.2, -0.15) is 0 Å². The van der Waals surface area contributed by atoms with Crippen LogP contribution in [0.4, 0.5) is 5.69 Å². The third-order valence-corrected chi connectivity index (χ3v) is 2.65. The molecule has 1 fully saturated rings. The van der Waals surface area contributed by atoms with Gasteiger partial charge in [0, 0.05) is 25.4 Å². The highest BCUT2D eigenvalue weighted by molar-refractivity contribution is 5.94. The van der Waals surface area contributed by atoms with Crippen LogP contribution in [-0.4, -0.2) is 49.5 Å². The van der Waals surface area contributed by atoms with E-state index in [0.29, 0.717) is 37.9 Å². The van der Waals surface area contributed by atoms with Crippen LogP contribution in [0, 0.1) is 0 Å². The van der Waals surface area contributed by atoms with Crippen molar-refractivity contribution in [3.63, 3.8) is 0 Å². The summed E-state index contributed by atoms with van der Waals surface area (Å²) in [5, 5.41) is 9.12. The Morgan fingerprint density at radius 1 is 1.53 bits per heavy atom. The first-order valence-corrected chi connectivity index (χ1v) is 5.32. The summed E-state index contributed by atoms with van der Waals surface area (Å²) in [5.74, 6) is -0.571. The first kappa shape index (κ1) is 11.7. The topological polar surface area (TPSA) is 71.9 Å². The molecule has 0 radical (unpaired) electrons. The third kappa shape index (κ3) is 2.47. The fourth-order valence-corrected chi connectivity index (χ4v) is 1.77. The van der Waals surface area contributed by atoms with Crippen LogP contribution in [0.15, 0.2) is 12.3 Å². The molecule has 0 saturated carbocycles. The van der Waals surface area contributed by atoms with Crippen molar-refractivity contribution in [1.82, 2.24) is 4.98 Å². The van der Waals surface area contributed by atoms with Crippen LogP contribution >= 0.6 is 0 Å². The Kier molecular flexibility index (Phi) is 3.43. The number of hydrogen-bond donors (Lipinski definition) is 1. The molecule has 0 amide bonds. The lowest BCUT2D eigenvalue weighted by Crippen LogP contribution is -2.37. The molecule has 1 aliphatic heterocycles. The monoisotopic (exact) mass is 238 g/mol. The van der Waals surface area contributed by atoms with Crippen molar-refractivity contribution in [1.29, 1.82) is 0 Å². The van der Waals surface area contributed by atoms with Gasteiger partial charge in [0.05, 0.1) is 26.0 Å². The number of pyridine rings is 1. The van der Waals surface area contributed by atoms with E-state index in [2.05, 4.69) is 4.98 Å². The second-order valence-electron chi connectivity index (χ2n) is 3.65. The Hall–Kier alpha value is -1.82. The zero-order chi connectivity index (χ0) is 12.3. The fourth-order valence-electron chi connectivity index (χ4n) is 1.77. The summed E-state index contributed by atoms with van der Waals surface area (Å²) in [7, 11) is 1.51. The van der Waals surface area contributed by atoms with Gasteiger partial charge in [0.1, 0.15) is 5.56 Å². The van der Waals surface area contributed by atoms with Gasteiger partial charge in [-0.25, -0.2) is 9.78 Å². The maximum absolute atomic E-state index is 11.1. The van der Waals surface area contributed by atoms with Gasteiger partial charge in [0.2, 0.25) is 5.88 Å². The molecule has 2 rings (SSSR count). The van der Waals surface area contributed by atoms with E-state index in [1.165, 1.54) is 13.3 Å². The van der Waals surface area contributed by atoms with Crippen molar-refractivity contribution in [3.8, 4) is 5.88 Å². The molecule has 0 atom stereocenters. The minimum atomic E-state index is -0.985. The van der Waals surface area contributed by atoms with Crippen molar-refractivity contribution < 1.29 is 19.4 Å². The van der Waals surface area contributed by atoms with Gasteiger partial charge in [0.25, 0.3) is 0 Å². The Morgan fingerprint density at radius 3 is 2.82 bits per heavy atom. The number of methoxy groups -OCH3 is 1. The molecule has 1 aromatic rings. The van der Waals surface area contributed by atoms with E-state index in [1.54, 1.807) is 6.07 Å². The standard InChI is InChI=1S/C11H14N2O4/c1-16-10-6-9(8(7-12-10)11(14)15)13-2-4-17-5-3-13/h6-7H,2-5H2,1H3,(H,14,15). The van der Waals surface area contributed by atoms with Crippen LogP contribution in [0.5, 0.6) is 5.88 Å². The van der Waals surface area contributed by atoms with Crippen molar-refractivity contribution in [2.45, 2.75) is 0 Å². The van der Waals surface area contributed by atoms with Gasteiger partial charge in [-0.3, -0.25) is 0 Å². The number of hydrogen-bond acceptors (Lipinski definition) is 5. The summed E-state index contributed by atoms with van der Waals surface area (Å²) in [6.45, 7) is 2.55. The molecule has 1 N–H and O–H groups in total. The fraction of sp³-hybridized carbons (Fsp3) is 0.455. The predicted molar refractivity (Wildman–Crippen MR) is 60.8 cm³/mol. The number of anilines is 1. The van der Waals surface area contributed by atoms with Gasteiger partial charge in [0.15, 0.2) is 0 Å². The normalized spacial score (nSPS) is 15.7. The summed E-state index contributed by atoms with van der Waals surface area (Å²) < 4.78 is 10.3. The first-order chi connectivity index (χ1) is 8.22. The smallest absolute Gasteiger partial charge is 0.339 e. The molecule has 17 heavy (non-hydrogen) atoms. The lowest BCUT2D eigenvalue weighted by atomic mass is 10.2. The number of aromatic nitrogens is 1. The molecule has 0 aromatic carbocycles. The highest BCUT2D eigenvalue weighted by Gasteiger charge is 2.19. The summed E-state index contributed by atoms with van der Waals surface area (Å²) in [6, 6.07) is 1.65. The molecular formula is C11H14N2O4. The van der Waals surface area contributed by atoms with Gasteiger partial charge < -0.3 is 19.5 Å². The second kappa shape index (κ2) is 5.01. The summed E-state index contributed by atoms with van der Waals surface area (Å²) >= 11 is 0. The number of aromatic carboxylic acids is 1. The quantitative estimate of drug-likeness (QED) is 0.832. The molecule has 0 aliphatic carbocycles. The van der Waals surface area contributed by atoms with Crippen LogP contribution in [0.3, 0.4) is 0 Å². The average molecular weight is 238 g/mol. The van der Waals surface area contributed by atoms with E-state index in [9.17, 15) is 4.79 Å². The molecule has 0 spiro atoms. The zero-order valence-electron chi connectivity index (χ0n) is 9.55. The SMILES string of the molecule is COc1cc(N2CCOCC2)c(C(=O)O)cn1. The molecule has 1 saturated heterocycles. The number of ether oxygens (including phenoxy) is 2. The van der Waals surface area contributed by atoms with Crippen LogP contribution < -0.4 is 9.64 Å². The molecule has 6 heteroatoms. The number of carboxylic acid groups (broad SMARTS) is 1. The Labute approximate surface area is 98.8 Å². The van der Waals surface area contributed by atoms with Gasteiger partial charge in [-0.05, 0) is 0 Å². The predicted octanol–water partition coefficient (Wildman–Crippen LogP) is 0.625. The van der Waals surface area contributed by atoms with E-state index in [4.69, 9.17) is 14.6 Å². The third-order valence-electron chi connectivity index (χ3n) is 2.65.